The summed E-state index contributed by atoms with van der Waals surface area (Å²) in [5.41, 5.74) is 0. The van der Waals surface area contributed by atoms with Gasteiger partial charge in [-0.25, -0.2) is 0 Å². The van der Waals surface area contributed by atoms with Gasteiger partial charge in [0.05, 0.1) is 12.6 Å². The minimum absolute atomic E-state index is 0.240. The lowest BCUT2D eigenvalue weighted by atomic mass is 9.80. The average Bonchev–Trinajstić information content (AvgIpc) is 2.71. The molecule has 0 spiro atoms. The molecule has 1 aromatic rings. The summed E-state index contributed by atoms with van der Waals surface area (Å²) >= 11 is 5.11. The fraction of sp³-hybridized carbons (Fsp3) is 0.643. The molecule has 106 valence electrons. The van der Waals surface area contributed by atoms with Crippen LogP contribution in [0.3, 0.4) is 0 Å². The Balaban J connectivity index is 1.71. The van der Waals surface area contributed by atoms with Crippen LogP contribution in [0.15, 0.2) is 15.9 Å². The second-order valence-corrected chi connectivity index (χ2v) is 7.01. The molecule has 0 aliphatic heterocycles. The smallest absolute Gasteiger partial charge is 0.222 e. The summed E-state index contributed by atoms with van der Waals surface area (Å²) in [7, 11) is 1.88. The van der Waals surface area contributed by atoms with Gasteiger partial charge < -0.3 is 9.64 Å². The summed E-state index contributed by atoms with van der Waals surface area (Å²) in [6.07, 6.45) is 3.13. The normalized spacial score (nSPS) is 22.1. The van der Waals surface area contributed by atoms with E-state index in [1.165, 1.54) is 4.88 Å². The highest BCUT2D eigenvalue weighted by atomic mass is 79.9. The van der Waals surface area contributed by atoms with Crippen molar-refractivity contribution >= 4 is 33.2 Å². The third-order valence-corrected chi connectivity index (χ3v) is 5.18. The van der Waals surface area contributed by atoms with Gasteiger partial charge in [0.1, 0.15) is 0 Å². The molecule has 1 fully saturated rings. The van der Waals surface area contributed by atoms with E-state index in [0.717, 1.165) is 23.9 Å². The second kappa shape index (κ2) is 6.86. The van der Waals surface area contributed by atoms with E-state index >= 15 is 0 Å². The van der Waals surface area contributed by atoms with Crippen LogP contribution in [-0.2, 0) is 16.1 Å². The van der Waals surface area contributed by atoms with Crippen molar-refractivity contribution in [2.45, 2.75) is 38.8 Å². The van der Waals surface area contributed by atoms with Crippen LogP contribution in [0.25, 0.3) is 0 Å². The molecule has 1 heterocycles. The van der Waals surface area contributed by atoms with Gasteiger partial charge in [0.2, 0.25) is 5.91 Å². The number of hydrogen-bond donors (Lipinski definition) is 0. The first kappa shape index (κ1) is 15.0. The Bertz CT molecular complexity index is 429. The molecular formula is C14H20BrNO2S. The fourth-order valence-corrected chi connectivity index (χ4v) is 3.88. The van der Waals surface area contributed by atoms with E-state index in [9.17, 15) is 4.79 Å². The molecule has 0 atom stereocenters. The van der Waals surface area contributed by atoms with Gasteiger partial charge in [-0.1, -0.05) is 0 Å². The monoisotopic (exact) mass is 345 g/mol. The quantitative estimate of drug-likeness (QED) is 0.787. The van der Waals surface area contributed by atoms with Crippen molar-refractivity contribution in [3.05, 3.63) is 20.8 Å². The van der Waals surface area contributed by atoms with Crippen LogP contribution in [0.4, 0.5) is 0 Å². The zero-order chi connectivity index (χ0) is 13.8. The number of halogens is 1. The van der Waals surface area contributed by atoms with Gasteiger partial charge in [0, 0.05) is 34.8 Å². The highest BCUT2D eigenvalue weighted by Gasteiger charge is 2.31. The summed E-state index contributed by atoms with van der Waals surface area (Å²) in [5.74, 6) is 0.756. The number of carbonyl (C=O) groups excluding carboxylic acids is 1. The zero-order valence-electron chi connectivity index (χ0n) is 11.4. The molecule has 0 radical (unpaired) electrons. The number of carbonyl (C=O) groups is 1. The molecule has 0 bridgehead atoms. The number of thiophene rings is 1. The minimum Gasteiger partial charge on any atom is -0.378 e. The number of rotatable bonds is 6. The highest BCUT2D eigenvalue weighted by molar-refractivity contribution is 9.10. The van der Waals surface area contributed by atoms with Crippen molar-refractivity contribution < 1.29 is 9.53 Å². The van der Waals surface area contributed by atoms with Crippen LogP contribution in [0.1, 0.15) is 31.1 Å². The van der Waals surface area contributed by atoms with Gasteiger partial charge in [0.25, 0.3) is 0 Å². The standard InChI is InChI=1S/C14H20BrNO2S/c1-3-18-12-4-10(5-12)6-14(17)16(2)8-13-7-11(15)9-19-13/h7,9-10,12H,3-6,8H2,1-2H3. The molecule has 1 amide bonds. The van der Waals surface area contributed by atoms with E-state index in [4.69, 9.17) is 4.74 Å². The first-order valence-electron chi connectivity index (χ1n) is 6.67. The van der Waals surface area contributed by atoms with E-state index in [2.05, 4.69) is 22.0 Å². The number of amides is 1. The van der Waals surface area contributed by atoms with Crippen LogP contribution in [0, 0.1) is 5.92 Å². The van der Waals surface area contributed by atoms with Gasteiger partial charge in [-0.3, -0.25) is 4.79 Å². The summed E-state index contributed by atoms with van der Waals surface area (Å²) < 4.78 is 6.61. The average molecular weight is 346 g/mol. The highest BCUT2D eigenvalue weighted by Crippen LogP contribution is 2.33. The molecule has 1 aliphatic rings. The second-order valence-electron chi connectivity index (χ2n) is 5.10. The van der Waals surface area contributed by atoms with E-state index in [-0.39, 0.29) is 5.91 Å². The van der Waals surface area contributed by atoms with Crippen LogP contribution in [0.5, 0.6) is 0 Å². The molecule has 0 N–H and O–H groups in total. The molecule has 1 aromatic heterocycles. The molecule has 0 aromatic carbocycles. The van der Waals surface area contributed by atoms with Crippen molar-refractivity contribution in [2.75, 3.05) is 13.7 Å². The first-order valence-corrected chi connectivity index (χ1v) is 8.34. The van der Waals surface area contributed by atoms with Crippen molar-refractivity contribution in [2.24, 2.45) is 5.92 Å². The van der Waals surface area contributed by atoms with Crippen molar-refractivity contribution in [1.82, 2.24) is 4.90 Å². The van der Waals surface area contributed by atoms with Crippen LogP contribution >= 0.6 is 27.3 Å². The number of ether oxygens (including phenoxy) is 1. The van der Waals surface area contributed by atoms with Gasteiger partial charge >= 0.3 is 0 Å². The SMILES string of the molecule is CCOC1CC(CC(=O)N(C)Cc2cc(Br)cs2)C1. The molecular weight excluding hydrogens is 326 g/mol. The Morgan fingerprint density at radius 2 is 2.32 bits per heavy atom. The van der Waals surface area contributed by atoms with Gasteiger partial charge in [-0.2, -0.15) is 0 Å². The molecule has 0 saturated heterocycles. The molecule has 0 unspecified atom stereocenters. The molecule has 19 heavy (non-hydrogen) atoms. The maximum absolute atomic E-state index is 12.1. The zero-order valence-corrected chi connectivity index (χ0v) is 13.8. The predicted octanol–water partition coefficient (Wildman–Crippen LogP) is 3.67. The van der Waals surface area contributed by atoms with Crippen LogP contribution in [-0.4, -0.2) is 30.6 Å². The third-order valence-electron chi connectivity index (χ3n) is 3.50. The Hall–Kier alpha value is -0.390. The molecule has 3 nitrogen and oxygen atoms in total. The maximum atomic E-state index is 12.1. The Morgan fingerprint density at radius 3 is 2.89 bits per heavy atom. The number of nitrogens with zero attached hydrogens (tertiary/aromatic N) is 1. The summed E-state index contributed by atoms with van der Waals surface area (Å²) in [6, 6.07) is 2.07. The Kier molecular flexibility index (Phi) is 5.42. The van der Waals surface area contributed by atoms with E-state index in [1.54, 1.807) is 11.3 Å². The molecule has 1 saturated carbocycles. The molecule has 1 aliphatic carbocycles. The third kappa shape index (κ3) is 4.29. The number of hydrogen-bond acceptors (Lipinski definition) is 3. The summed E-state index contributed by atoms with van der Waals surface area (Å²) in [4.78, 5) is 15.1. The largest absolute Gasteiger partial charge is 0.378 e. The van der Waals surface area contributed by atoms with Crippen LogP contribution < -0.4 is 0 Å². The Morgan fingerprint density at radius 1 is 1.58 bits per heavy atom. The molecule has 2 rings (SSSR count). The van der Waals surface area contributed by atoms with E-state index in [0.29, 0.717) is 25.0 Å². The molecule has 5 heteroatoms. The lowest BCUT2D eigenvalue weighted by Crippen LogP contribution is -2.36. The minimum atomic E-state index is 0.240. The van der Waals surface area contributed by atoms with E-state index < -0.39 is 0 Å². The Labute approximate surface area is 127 Å². The lowest BCUT2D eigenvalue weighted by Gasteiger charge is -2.35. The van der Waals surface area contributed by atoms with Gasteiger partial charge in [-0.05, 0) is 47.7 Å². The van der Waals surface area contributed by atoms with Crippen molar-refractivity contribution in [3.8, 4) is 0 Å². The summed E-state index contributed by atoms with van der Waals surface area (Å²) in [6.45, 7) is 3.50. The lowest BCUT2D eigenvalue weighted by molar-refractivity contribution is -0.133. The fourth-order valence-electron chi connectivity index (χ4n) is 2.37. The maximum Gasteiger partial charge on any atom is 0.222 e. The first-order chi connectivity index (χ1) is 9.08. The summed E-state index contributed by atoms with van der Waals surface area (Å²) in [5, 5.41) is 2.05. The predicted molar refractivity (Wildman–Crippen MR) is 81.2 cm³/mol. The van der Waals surface area contributed by atoms with Crippen LogP contribution in [0.2, 0.25) is 0 Å². The van der Waals surface area contributed by atoms with Crippen molar-refractivity contribution in [3.63, 3.8) is 0 Å². The van der Waals surface area contributed by atoms with Gasteiger partial charge in [-0.15, -0.1) is 11.3 Å². The van der Waals surface area contributed by atoms with E-state index in [1.807, 2.05) is 24.3 Å². The van der Waals surface area contributed by atoms with Crippen molar-refractivity contribution in [1.29, 1.82) is 0 Å². The topological polar surface area (TPSA) is 29.5 Å². The van der Waals surface area contributed by atoms with Gasteiger partial charge in [0.15, 0.2) is 0 Å².